The van der Waals surface area contributed by atoms with E-state index in [1.807, 2.05) is 0 Å². The first-order chi connectivity index (χ1) is 8.15. The second-order valence-electron chi connectivity index (χ2n) is 3.46. The summed E-state index contributed by atoms with van der Waals surface area (Å²) in [5, 5.41) is 4.21. The number of methoxy groups -OCH3 is 1. The second-order valence-corrected chi connectivity index (χ2v) is 3.46. The van der Waals surface area contributed by atoms with Crippen molar-refractivity contribution in [2.75, 3.05) is 12.8 Å². The number of anilines is 1. The molecule has 0 atom stereocenters. The Morgan fingerprint density at radius 2 is 2.06 bits per heavy atom. The van der Waals surface area contributed by atoms with Crippen molar-refractivity contribution in [3.8, 4) is 11.3 Å². The molecule has 2 heterocycles. The van der Waals surface area contributed by atoms with Crippen LogP contribution in [0.4, 0.5) is 5.69 Å². The molecular formula is C11H12N4O2. The molecule has 2 rings (SSSR count). The third kappa shape index (κ3) is 1.84. The highest BCUT2D eigenvalue weighted by atomic mass is 16.5. The van der Waals surface area contributed by atoms with Crippen LogP contribution in [-0.2, 0) is 11.8 Å². The Morgan fingerprint density at radius 1 is 1.41 bits per heavy atom. The minimum Gasteiger partial charge on any atom is -0.464 e. The van der Waals surface area contributed by atoms with Crippen molar-refractivity contribution >= 4 is 11.7 Å². The maximum atomic E-state index is 11.5. The van der Waals surface area contributed by atoms with Crippen LogP contribution in [0.5, 0.6) is 0 Å². The van der Waals surface area contributed by atoms with Crippen LogP contribution in [0.15, 0.2) is 24.5 Å². The number of aryl methyl sites for hydroxylation is 1. The summed E-state index contributed by atoms with van der Waals surface area (Å²) in [4.78, 5) is 15.4. The van der Waals surface area contributed by atoms with E-state index in [9.17, 15) is 4.79 Å². The summed E-state index contributed by atoms with van der Waals surface area (Å²) in [7, 11) is 2.95. The number of rotatable bonds is 2. The smallest absolute Gasteiger partial charge is 0.358 e. The normalized spacial score (nSPS) is 10.2. The number of aromatic nitrogens is 3. The quantitative estimate of drug-likeness (QED) is 0.776. The predicted molar refractivity (Wildman–Crippen MR) is 62.2 cm³/mol. The van der Waals surface area contributed by atoms with Crippen molar-refractivity contribution in [1.29, 1.82) is 0 Å². The number of pyridine rings is 1. The molecule has 0 saturated carbocycles. The van der Waals surface area contributed by atoms with Gasteiger partial charge in [0.2, 0.25) is 0 Å². The maximum absolute atomic E-state index is 11.5. The molecule has 2 N–H and O–H groups in total. The number of hydrogen-bond donors (Lipinski definition) is 1. The van der Waals surface area contributed by atoms with E-state index in [-0.39, 0.29) is 5.69 Å². The van der Waals surface area contributed by atoms with Gasteiger partial charge in [-0.05, 0) is 12.1 Å². The van der Waals surface area contributed by atoms with Gasteiger partial charge in [0.15, 0.2) is 5.69 Å². The van der Waals surface area contributed by atoms with E-state index in [0.717, 1.165) is 5.56 Å². The van der Waals surface area contributed by atoms with Gasteiger partial charge in [-0.25, -0.2) is 4.79 Å². The van der Waals surface area contributed by atoms with Crippen molar-refractivity contribution in [2.24, 2.45) is 7.05 Å². The number of carbonyl (C=O) groups is 1. The molecule has 0 aromatic carbocycles. The van der Waals surface area contributed by atoms with Gasteiger partial charge in [-0.3, -0.25) is 9.67 Å². The van der Waals surface area contributed by atoms with Crippen LogP contribution in [0.25, 0.3) is 11.3 Å². The van der Waals surface area contributed by atoms with Gasteiger partial charge in [0.05, 0.1) is 12.8 Å². The lowest BCUT2D eigenvalue weighted by Crippen LogP contribution is -2.10. The van der Waals surface area contributed by atoms with Crippen molar-refractivity contribution in [2.45, 2.75) is 0 Å². The van der Waals surface area contributed by atoms with Crippen LogP contribution >= 0.6 is 0 Å². The molecule has 0 fully saturated rings. The highest BCUT2D eigenvalue weighted by Gasteiger charge is 2.21. The molecule has 0 saturated heterocycles. The van der Waals surface area contributed by atoms with E-state index in [0.29, 0.717) is 11.4 Å². The van der Waals surface area contributed by atoms with Crippen LogP contribution in [0, 0.1) is 0 Å². The molecule has 17 heavy (non-hydrogen) atoms. The number of nitrogens with two attached hydrogens (primary N) is 1. The first-order valence-electron chi connectivity index (χ1n) is 4.96. The monoisotopic (exact) mass is 232 g/mol. The Kier molecular flexibility index (Phi) is 2.78. The summed E-state index contributed by atoms with van der Waals surface area (Å²) in [6, 6.07) is 3.56. The Bertz CT molecular complexity index is 548. The van der Waals surface area contributed by atoms with Gasteiger partial charge < -0.3 is 10.5 Å². The summed E-state index contributed by atoms with van der Waals surface area (Å²) in [5.74, 6) is -0.502. The van der Waals surface area contributed by atoms with Crippen LogP contribution < -0.4 is 5.73 Å². The number of carbonyl (C=O) groups excluding carboxylic acids is 1. The van der Waals surface area contributed by atoms with Gasteiger partial charge in [0, 0.05) is 25.0 Å². The van der Waals surface area contributed by atoms with E-state index < -0.39 is 5.97 Å². The van der Waals surface area contributed by atoms with Crippen molar-refractivity contribution in [3.05, 3.63) is 30.2 Å². The first kappa shape index (κ1) is 11.1. The highest BCUT2D eigenvalue weighted by Crippen LogP contribution is 2.27. The molecule has 2 aromatic rings. The molecule has 6 heteroatoms. The van der Waals surface area contributed by atoms with Crippen LogP contribution in [-0.4, -0.2) is 27.8 Å². The average molecular weight is 232 g/mol. The molecule has 0 amide bonds. The summed E-state index contributed by atoms with van der Waals surface area (Å²) >= 11 is 0. The molecule has 88 valence electrons. The molecule has 0 spiro atoms. The van der Waals surface area contributed by atoms with E-state index in [1.54, 1.807) is 31.6 Å². The van der Waals surface area contributed by atoms with Gasteiger partial charge in [0.1, 0.15) is 5.69 Å². The zero-order chi connectivity index (χ0) is 12.4. The van der Waals surface area contributed by atoms with Crippen molar-refractivity contribution in [3.63, 3.8) is 0 Å². The third-order valence-electron chi connectivity index (χ3n) is 2.42. The van der Waals surface area contributed by atoms with E-state index in [1.165, 1.54) is 11.8 Å². The van der Waals surface area contributed by atoms with Crippen LogP contribution in [0.1, 0.15) is 10.5 Å². The number of hydrogen-bond acceptors (Lipinski definition) is 5. The Labute approximate surface area is 98.0 Å². The largest absolute Gasteiger partial charge is 0.464 e. The van der Waals surface area contributed by atoms with Crippen LogP contribution in [0.3, 0.4) is 0 Å². The molecule has 0 aliphatic carbocycles. The van der Waals surface area contributed by atoms with Crippen LogP contribution in [0.2, 0.25) is 0 Å². The molecule has 0 aliphatic rings. The van der Waals surface area contributed by atoms with Crippen molar-refractivity contribution in [1.82, 2.24) is 14.8 Å². The second kappa shape index (κ2) is 4.25. The highest BCUT2D eigenvalue weighted by molar-refractivity contribution is 5.97. The first-order valence-corrected chi connectivity index (χ1v) is 4.96. The lowest BCUT2D eigenvalue weighted by atomic mass is 10.1. The van der Waals surface area contributed by atoms with E-state index >= 15 is 0 Å². The van der Waals surface area contributed by atoms with E-state index in [2.05, 4.69) is 14.8 Å². The summed E-state index contributed by atoms with van der Waals surface area (Å²) in [6.07, 6.45) is 3.28. The Morgan fingerprint density at radius 3 is 2.65 bits per heavy atom. The van der Waals surface area contributed by atoms with Gasteiger partial charge in [-0.2, -0.15) is 5.10 Å². The number of nitrogen functional groups attached to an aromatic ring is 1. The van der Waals surface area contributed by atoms with Gasteiger partial charge in [-0.1, -0.05) is 0 Å². The fraction of sp³-hybridized carbons (Fsp3) is 0.182. The van der Waals surface area contributed by atoms with Gasteiger partial charge >= 0.3 is 5.97 Å². The predicted octanol–water partition coefficient (Wildman–Crippen LogP) is 0.851. The standard InChI is InChI=1S/C11H12N4O2/c1-15-10(11(16)17-2)8(12)9(14-15)7-3-5-13-6-4-7/h3-6H,12H2,1-2H3. The number of ether oxygens (including phenoxy) is 1. The third-order valence-corrected chi connectivity index (χ3v) is 2.42. The summed E-state index contributed by atoms with van der Waals surface area (Å²) in [6.45, 7) is 0. The zero-order valence-corrected chi connectivity index (χ0v) is 9.54. The molecule has 0 aliphatic heterocycles. The molecule has 0 unspecified atom stereocenters. The molecule has 0 bridgehead atoms. The van der Waals surface area contributed by atoms with Gasteiger partial charge in [-0.15, -0.1) is 0 Å². The molecular weight excluding hydrogens is 220 g/mol. The zero-order valence-electron chi connectivity index (χ0n) is 9.54. The summed E-state index contributed by atoms with van der Waals surface area (Å²) in [5.41, 5.74) is 7.83. The lowest BCUT2D eigenvalue weighted by Gasteiger charge is -2.00. The Balaban J connectivity index is 2.56. The Hall–Kier alpha value is -2.37. The fourth-order valence-corrected chi connectivity index (χ4v) is 1.60. The van der Waals surface area contributed by atoms with E-state index in [4.69, 9.17) is 5.73 Å². The summed E-state index contributed by atoms with van der Waals surface area (Å²) < 4.78 is 6.07. The topological polar surface area (TPSA) is 83.0 Å². The van der Waals surface area contributed by atoms with Crippen molar-refractivity contribution < 1.29 is 9.53 Å². The number of nitrogens with zero attached hydrogens (tertiary/aromatic N) is 3. The molecule has 0 radical (unpaired) electrons. The maximum Gasteiger partial charge on any atom is 0.358 e. The van der Waals surface area contributed by atoms with Gasteiger partial charge in [0.25, 0.3) is 0 Å². The number of esters is 1. The molecule has 6 nitrogen and oxygen atoms in total. The molecule has 2 aromatic heterocycles. The minimum absolute atomic E-state index is 0.249. The fourth-order valence-electron chi connectivity index (χ4n) is 1.60. The minimum atomic E-state index is -0.502. The SMILES string of the molecule is COC(=O)c1c(N)c(-c2ccncc2)nn1C. The average Bonchev–Trinajstić information content (AvgIpc) is 2.65. The lowest BCUT2D eigenvalue weighted by molar-refractivity contribution is 0.0589.